The van der Waals surface area contributed by atoms with Gasteiger partial charge in [-0.15, -0.1) is 0 Å². The molecule has 162 valence electrons. The molecule has 1 aromatic carbocycles. The molecule has 2 saturated heterocycles. The highest BCUT2D eigenvalue weighted by Gasteiger charge is 2.37. The molecular formula is C24H34N4O2. The number of nitrogens with zero attached hydrogens (tertiary/aromatic N) is 4. The second kappa shape index (κ2) is 8.22. The Bertz CT molecular complexity index is 811. The maximum Gasteiger partial charge on any atom is 0.257 e. The van der Waals surface area contributed by atoms with Crippen molar-refractivity contribution in [3.8, 4) is 0 Å². The molecule has 0 aromatic heterocycles. The Morgan fingerprint density at radius 3 is 2.40 bits per heavy atom. The topological polar surface area (TPSA) is 47.1 Å². The molecule has 4 aliphatic rings. The Morgan fingerprint density at radius 2 is 1.63 bits per heavy atom. The van der Waals surface area contributed by atoms with Crippen LogP contribution in [0.3, 0.4) is 0 Å². The highest BCUT2D eigenvalue weighted by molar-refractivity contribution is 6.04. The number of hydrogen-bond acceptors (Lipinski definition) is 4. The molecule has 1 unspecified atom stereocenters. The summed E-state index contributed by atoms with van der Waals surface area (Å²) in [7, 11) is 2.06. The average molecular weight is 411 g/mol. The second-order valence-corrected chi connectivity index (χ2v) is 9.44. The van der Waals surface area contributed by atoms with Crippen LogP contribution in [0, 0.1) is 0 Å². The quantitative estimate of drug-likeness (QED) is 0.751. The third kappa shape index (κ3) is 3.49. The Morgan fingerprint density at radius 1 is 0.900 bits per heavy atom. The Kier molecular flexibility index (Phi) is 5.44. The van der Waals surface area contributed by atoms with Gasteiger partial charge in [-0.2, -0.15) is 0 Å². The van der Waals surface area contributed by atoms with Gasteiger partial charge in [0, 0.05) is 51.4 Å². The van der Waals surface area contributed by atoms with Crippen LogP contribution < -0.4 is 4.90 Å². The first-order chi connectivity index (χ1) is 14.6. The fourth-order valence-corrected chi connectivity index (χ4v) is 5.93. The van der Waals surface area contributed by atoms with Gasteiger partial charge in [-0.3, -0.25) is 14.5 Å². The van der Waals surface area contributed by atoms with E-state index < -0.39 is 0 Å². The number of hydrogen-bond donors (Lipinski definition) is 0. The zero-order valence-corrected chi connectivity index (χ0v) is 18.2. The molecule has 0 radical (unpaired) electrons. The van der Waals surface area contributed by atoms with Gasteiger partial charge in [0.2, 0.25) is 0 Å². The van der Waals surface area contributed by atoms with Crippen LogP contribution in [-0.2, 0) is 0 Å². The molecular weight excluding hydrogens is 376 g/mol. The smallest absolute Gasteiger partial charge is 0.257 e. The second-order valence-electron chi connectivity index (χ2n) is 9.44. The van der Waals surface area contributed by atoms with Gasteiger partial charge in [0.1, 0.15) is 6.17 Å². The maximum absolute atomic E-state index is 13.2. The lowest BCUT2D eigenvalue weighted by Crippen LogP contribution is -2.56. The van der Waals surface area contributed by atoms with E-state index in [4.69, 9.17) is 0 Å². The summed E-state index contributed by atoms with van der Waals surface area (Å²) >= 11 is 0. The molecule has 0 bridgehead atoms. The third-order valence-electron chi connectivity index (χ3n) is 7.73. The molecule has 1 atom stereocenters. The number of rotatable bonds is 2. The lowest BCUT2D eigenvalue weighted by atomic mass is 9.93. The molecule has 1 aromatic rings. The number of benzene rings is 1. The molecule has 6 nitrogen and oxygen atoms in total. The summed E-state index contributed by atoms with van der Waals surface area (Å²) in [4.78, 5) is 35.0. The van der Waals surface area contributed by atoms with Crippen molar-refractivity contribution in [2.24, 2.45) is 0 Å². The normalized spacial score (nSPS) is 25.8. The molecule has 5 rings (SSSR count). The van der Waals surface area contributed by atoms with E-state index in [-0.39, 0.29) is 18.0 Å². The highest BCUT2D eigenvalue weighted by atomic mass is 16.2. The van der Waals surface area contributed by atoms with Crippen molar-refractivity contribution in [2.75, 3.05) is 44.7 Å². The minimum absolute atomic E-state index is 0.105. The summed E-state index contributed by atoms with van der Waals surface area (Å²) in [6.07, 6.45) is 10.1. The fourth-order valence-electron chi connectivity index (χ4n) is 5.93. The SMILES string of the molecule is CN1c2cc(C(=O)N3CCN(C4CCCCC4)CC3)ccc2C(=O)N2CCCCC21. The number of piperidine rings is 1. The molecule has 1 aliphatic carbocycles. The largest absolute Gasteiger partial charge is 0.354 e. The van der Waals surface area contributed by atoms with Gasteiger partial charge in [-0.05, 0) is 50.3 Å². The van der Waals surface area contributed by atoms with Crippen LogP contribution in [0.2, 0.25) is 0 Å². The van der Waals surface area contributed by atoms with Gasteiger partial charge < -0.3 is 14.7 Å². The molecule has 3 fully saturated rings. The Labute approximate surface area is 179 Å². The molecule has 0 N–H and O–H groups in total. The summed E-state index contributed by atoms with van der Waals surface area (Å²) < 4.78 is 0. The van der Waals surface area contributed by atoms with Crippen LogP contribution in [-0.4, -0.2) is 78.5 Å². The van der Waals surface area contributed by atoms with Crippen LogP contribution >= 0.6 is 0 Å². The monoisotopic (exact) mass is 410 g/mol. The summed E-state index contributed by atoms with van der Waals surface area (Å²) in [5.74, 6) is 0.223. The predicted octanol–water partition coefficient (Wildman–Crippen LogP) is 3.18. The number of anilines is 1. The van der Waals surface area contributed by atoms with Crippen molar-refractivity contribution < 1.29 is 9.59 Å². The van der Waals surface area contributed by atoms with Crippen molar-refractivity contribution in [3.63, 3.8) is 0 Å². The Balaban J connectivity index is 1.29. The third-order valence-corrected chi connectivity index (χ3v) is 7.73. The van der Waals surface area contributed by atoms with E-state index in [0.717, 1.165) is 69.3 Å². The van der Waals surface area contributed by atoms with E-state index in [9.17, 15) is 9.59 Å². The molecule has 30 heavy (non-hydrogen) atoms. The van der Waals surface area contributed by atoms with Crippen molar-refractivity contribution >= 4 is 17.5 Å². The number of carbonyl (C=O) groups excluding carboxylic acids is 2. The van der Waals surface area contributed by atoms with Gasteiger partial charge in [0.05, 0.1) is 11.3 Å². The van der Waals surface area contributed by atoms with Gasteiger partial charge in [0.15, 0.2) is 0 Å². The number of carbonyl (C=O) groups is 2. The van der Waals surface area contributed by atoms with Crippen molar-refractivity contribution in [1.29, 1.82) is 0 Å². The molecule has 2 amide bonds. The van der Waals surface area contributed by atoms with Crippen LogP contribution in [0.5, 0.6) is 0 Å². The number of fused-ring (bicyclic) bond motifs is 2. The maximum atomic E-state index is 13.2. The van der Waals surface area contributed by atoms with Crippen LogP contribution in [0.25, 0.3) is 0 Å². The summed E-state index contributed by atoms with van der Waals surface area (Å²) in [5, 5.41) is 0. The number of piperazine rings is 1. The van der Waals surface area contributed by atoms with E-state index in [1.54, 1.807) is 0 Å². The van der Waals surface area contributed by atoms with Crippen molar-refractivity contribution in [2.45, 2.75) is 63.6 Å². The van der Waals surface area contributed by atoms with Gasteiger partial charge in [0.25, 0.3) is 11.8 Å². The minimum Gasteiger partial charge on any atom is -0.354 e. The lowest BCUT2D eigenvalue weighted by Gasteiger charge is -2.46. The van der Waals surface area contributed by atoms with E-state index in [1.165, 1.54) is 32.1 Å². The van der Waals surface area contributed by atoms with Gasteiger partial charge in [-0.1, -0.05) is 19.3 Å². The van der Waals surface area contributed by atoms with E-state index in [1.807, 2.05) is 28.0 Å². The average Bonchev–Trinajstić information content (AvgIpc) is 2.82. The van der Waals surface area contributed by atoms with E-state index in [2.05, 4.69) is 16.8 Å². The predicted molar refractivity (Wildman–Crippen MR) is 118 cm³/mol. The summed E-state index contributed by atoms with van der Waals surface area (Å²) in [6.45, 7) is 4.40. The summed E-state index contributed by atoms with van der Waals surface area (Å²) in [5.41, 5.74) is 2.35. The molecule has 3 aliphatic heterocycles. The van der Waals surface area contributed by atoms with E-state index >= 15 is 0 Å². The number of amides is 2. The van der Waals surface area contributed by atoms with E-state index in [0.29, 0.717) is 5.56 Å². The van der Waals surface area contributed by atoms with Gasteiger partial charge >= 0.3 is 0 Å². The lowest BCUT2D eigenvalue weighted by molar-refractivity contribution is 0.0521. The molecule has 3 heterocycles. The van der Waals surface area contributed by atoms with Crippen LogP contribution in [0.1, 0.15) is 72.1 Å². The van der Waals surface area contributed by atoms with Gasteiger partial charge in [-0.25, -0.2) is 0 Å². The van der Waals surface area contributed by atoms with Crippen molar-refractivity contribution in [1.82, 2.24) is 14.7 Å². The molecule has 6 heteroatoms. The molecule has 1 saturated carbocycles. The molecule has 0 spiro atoms. The van der Waals surface area contributed by atoms with Crippen LogP contribution in [0.15, 0.2) is 18.2 Å². The standard InChI is InChI=1S/C24H34N4O2/c1-25-21-17-18(10-11-20(21)24(30)28-12-6-5-9-22(25)28)23(29)27-15-13-26(14-16-27)19-7-3-2-4-8-19/h10-11,17,19,22H,2-9,12-16H2,1H3. The first kappa shape index (κ1) is 19.9. The Hall–Kier alpha value is -2.08. The fraction of sp³-hybridized carbons (Fsp3) is 0.667. The van der Waals surface area contributed by atoms with Crippen molar-refractivity contribution in [3.05, 3.63) is 29.3 Å². The summed E-state index contributed by atoms with van der Waals surface area (Å²) in [6, 6.07) is 6.39. The zero-order chi connectivity index (χ0) is 20.7. The first-order valence-electron chi connectivity index (χ1n) is 11.8. The zero-order valence-electron chi connectivity index (χ0n) is 18.2. The first-order valence-corrected chi connectivity index (χ1v) is 11.8. The van der Waals surface area contributed by atoms with Crippen LogP contribution in [0.4, 0.5) is 5.69 Å². The highest BCUT2D eigenvalue weighted by Crippen LogP contribution is 2.35. The minimum atomic E-state index is 0.105.